The molecule has 1 heteroatoms. The molecule has 1 aromatic heterocycles. The van der Waals surface area contributed by atoms with Gasteiger partial charge in [0.2, 0.25) is 0 Å². The van der Waals surface area contributed by atoms with Gasteiger partial charge in [-0.2, -0.15) is 0 Å². The third-order valence-corrected chi connectivity index (χ3v) is 4.26. The van der Waals surface area contributed by atoms with Gasteiger partial charge in [-0.05, 0) is 67.4 Å². The molecule has 0 aliphatic carbocycles. The predicted octanol–water partition coefficient (Wildman–Crippen LogP) is 5.85. The average Bonchev–Trinajstić information content (AvgIpc) is 3.19. The Balaban J connectivity index is 0.000000194. The Hall–Kier alpha value is -3.62. The van der Waals surface area contributed by atoms with Gasteiger partial charge in [0, 0.05) is 10.4 Å². The normalized spacial score (nSPS) is 7.93. The Labute approximate surface area is 166 Å². The lowest BCUT2D eigenvalue weighted by Crippen LogP contribution is -1.68. The molecule has 3 rings (SSSR count). The molecule has 0 fully saturated rings. The first-order valence-corrected chi connectivity index (χ1v) is 9.21. The molecule has 0 nitrogen and oxygen atoms in total. The van der Waals surface area contributed by atoms with E-state index >= 15 is 0 Å². The number of benzene rings is 2. The molecule has 27 heavy (non-hydrogen) atoms. The molecule has 0 atom stereocenters. The molecule has 1 heterocycles. The smallest absolute Gasteiger partial charge is 0.0774 e. The van der Waals surface area contributed by atoms with E-state index in [2.05, 4.69) is 83.8 Å². The average molecular weight is 362 g/mol. The third-order valence-electron chi connectivity index (χ3n) is 3.21. The molecule has 0 aliphatic rings. The van der Waals surface area contributed by atoms with Crippen LogP contribution in [0.1, 0.15) is 24.3 Å². The van der Waals surface area contributed by atoms with Gasteiger partial charge in [0.05, 0.1) is 4.88 Å². The van der Waals surface area contributed by atoms with Crippen molar-refractivity contribution in [3.05, 3.63) is 83.2 Å². The summed E-state index contributed by atoms with van der Waals surface area (Å²) < 4.78 is 0. The van der Waals surface area contributed by atoms with Gasteiger partial charge in [-0.1, -0.05) is 66.3 Å². The zero-order valence-corrected chi connectivity index (χ0v) is 16.2. The van der Waals surface area contributed by atoms with E-state index in [4.69, 9.17) is 0 Å². The van der Waals surface area contributed by atoms with Crippen LogP contribution < -0.4 is 0 Å². The molecule has 0 saturated heterocycles. The molecule has 0 aliphatic heterocycles. The minimum absolute atomic E-state index is 0.973. The van der Waals surface area contributed by atoms with E-state index in [0.717, 1.165) is 10.4 Å². The van der Waals surface area contributed by atoms with Gasteiger partial charge >= 0.3 is 0 Å². The van der Waals surface area contributed by atoms with Crippen LogP contribution in [0.25, 0.3) is 10.4 Å². The molecule has 0 saturated carbocycles. The quantitative estimate of drug-likeness (QED) is 0.476. The lowest BCUT2D eigenvalue weighted by atomic mass is 10.2. The first-order valence-electron chi connectivity index (χ1n) is 8.39. The molecular weight excluding hydrogens is 344 g/mol. The Kier molecular flexibility index (Phi) is 8.65. The monoisotopic (exact) mass is 362 g/mol. The number of hydrogen-bond donors (Lipinski definition) is 0. The number of rotatable bonds is 1. The van der Waals surface area contributed by atoms with Crippen molar-refractivity contribution in [1.29, 1.82) is 0 Å². The second kappa shape index (κ2) is 11.9. The lowest BCUT2D eigenvalue weighted by Gasteiger charge is -1.93. The Morgan fingerprint density at radius 2 is 1.26 bits per heavy atom. The largest absolute Gasteiger partial charge is 0.127 e. The number of thiophene rings is 1. The molecule has 0 unspecified atom stereocenters. The van der Waals surface area contributed by atoms with Crippen LogP contribution in [-0.4, -0.2) is 0 Å². The molecule has 128 valence electrons. The highest BCUT2D eigenvalue weighted by atomic mass is 32.1. The van der Waals surface area contributed by atoms with Crippen LogP contribution in [0.4, 0.5) is 0 Å². The summed E-state index contributed by atoms with van der Waals surface area (Å²) in [6.07, 6.45) is 0. The molecule has 0 N–H and O–H groups in total. The summed E-state index contributed by atoms with van der Waals surface area (Å²) in [6, 6.07) is 24.3. The fraction of sp³-hybridized carbons (Fsp3) is 0.0769. The van der Waals surface area contributed by atoms with Gasteiger partial charge in [0.1, 0.15) is 0 Å². The van der Waals surface area contributed by atoms with Gasteiger partial charge in [-0.3, -0.25) is 0 Å². The summed E-state index contributed by atoms with van der Waals surface area (Å²) in [5.74, 6) is 22.2. The molecule has 3 aromatic rings. The number of hydrogen-bond acceptors (Lipinski definition) is 1. The van der Waals surface area contributed by atoms with E-state index in [9.17, 15) is 0 Å². The van der Waals surface area contributed by atoms with E-state index in [0.29, 0.717) is 0 Å². The van der Waals surface area contributed by atoms with Crippen LogP contribution in [-0.2, 0) is 0 Å². The Bertz CT molecular complexity index is 1090. The Morgan fingerprint density at radius 1 is 0.593 bits per heavy atom. The highest BCUT2D eigenvalue weighted by molar-refractivity contribution is 7.16. The van der Waals surface area contributed by atoms with Crippen molar-refractivity contribution in [2.24, 2.45) is 0 Å². The van der Waals surface area contributed by atoms with Crippen molar-refractivity contribution in [2.45, 2.75) is 13.8 Å². The molecular formula is C26H18S. The first kappa shape index (κ1) is 19.7. The molecule has 0 spiro atoms. The molecule has 2 aromatic carbocycles. The van der Waals surface area contributed by atoms with Crippen LogP contribution in [0.5, 0.6) is 0 Å². The third kappa shape index (κ3) is 7.43. The maximum atomic E-state index is 3.07. The van der Waals surface area contributed by atoms with Crippen molar-refractivity contribution in [2.75, 3.05) is 0 Å². The van der Waals surface area contributed by atoms with Crippen molar-refractivity contribution < 1.29 is 0 Å². The van der Waals surface area contributed by atoms with Crippen LogP contribution in [0.15, 0.2) is 72.8 Å². The van der Waals surface area contributed by atoms with Crippen molar-refractivity contribution >= 4 is 11.3 Å². The van der Waals surface area contributed by atoms with Crippen molar-refractivity contribution in [1.82, 2.24) is 0 Å². The topological polar surface area (TPSA) is 0 Å². The van der Waals surface area contributed by atoms with Gasteiger partial charge in [0.15, 0.2) is 0 Å². The maximum absolute atomic E-state index is 3.07. The second-order valence-corrected chi connectivity index (χ2v) is 6.23. The van der Waals surface area contributed by atoms with E-state index in [-0.39, 0.29) is 0 Å². The standard InChI is InChI=1S/C13H10S.C13H8/c1-2-6-12-9-10-13(14-12)11-7-4-3-5-8-11;1-2-3-4-5-7-10-13-11-8-6-9-12-13/h3-5,7-10H,1H3;6,8-9,11-12H,1H3. The van der Waals surface area contributed by atoms with Crippen LogP contribution in [0.3, 0.4) is 0 Å². The van der Waals surface area contributed by atoms with Crippen LogP contribution in [0, 0.1) is 47.4 Å². The first-order chi connectivity index (χ1) is 13.3. The maximum Gasteiger partial charge on any atom is 0.0774 e. The van der Waals surface area contributed by atoms with Crippen LogP contribution in [0.2, 0.25) is 0 Å². The SMILES string of the molecule is CC#CC#CC#Cc1ccccc1.CC#Cc1ccc(-c2ccccc2)s1. The lowest BCUT2D eigenvalue weighted by molar-refractivity contribution is 1.65. The summed E-state index contributed by atoms with van der Waals surface area (Å²) in [5, 5.41) is 0. The van der Waals surface area contributed by atoms with E-state index in [1.807, 2.05) is 43.3 Å². The van der Waals surface area contributed by atoms with E-state index in [1.54, 1.807) is 18.3 Å². The molecule has 0 bridgehead atoms. The fourth-order valence-corrected chi connectivity index (χ4v) is 2.95. The van der Waals surface area contributed by atoms with E-state index in [1.165, 1.54) is 10.4 Å². The van der Waals surface area contributed by atoms with Crippen molar-refractivity contribution in [3.8, 4) is 57.8 Å². The summed E-state index contributed by atoms with van der Waals surface area (Å²) >= 11 is 1.74. The summed E-state index contributed by atoms with van der Waals surface area (Å²) in [5.41, 5.74) is 2.24. The minimum Gasteiger partial charge on any atom is -0.127 e. The predicted molar refractivity (Wildman–Crippen MR) is 117 cm³/mol. The highest BCUT2D eigenvalue weighted by Crippen LogP contribution is 2.27. The van der Waals surface area contributed by atoms with Crippen LogP contribution >= 0.6 is 11.3 Å². The van der Waals surface area contributed by atoms with Gasteiger partial charge in [0.25, 0.3) is 0 Å². The fourth-order valence-electron chi connectivity index (χ4n) is 2.04. The zero-order valence-electron chi connectivity index (χ0n) is 15.3. The highest BCUT2D eigenvalue weighted by Gasteiger charge is 1.99. The van der Waals surface area contributed by atoms with Crippen molar-refractivity contribution in [3.63, 3.8) is 0 Å². The summed E-state index contributed by atoms with van der Waals surface area (Å²) in [4.78, 5) is 2.41. The summed E-state index contributed by atoms with van der Waals surface area (Å²) in [7, 11) is 0. The van der Waals surface area contributed by atoms with Gasteiger partial charge in [-0.15, -0.1) is 17.3 Å². The van der Waals surface area contributed by atoms with Gasteiger partial charge in [-0.25, -0.2) is 0 Å². The zero-order chi connectivity index (χ0) is 19.2. The molecule has 0 amide bonds. The summed E-state index contributed by atoms with van der Waals surface area (Å²) in [6.45, 7) is 3.61. The Morgan fingerprint density at radius 3 is 1.93 bits per heavy atom. The minimum atomic E-state index is 0.973. The van der Waals surface area contributed by atoms with E-state index < -0.39 is 0 Å². The van der Waals surface area contributed by atoms with Gasteiger partial charge < -0.3 is 0 Å². The second-order valence-electron chi connectivity index (χ2n) is 5.15. The molecule has 0 radical (unpaired) electrons.